The number of thioether (sulfide) groups is 2. The summed E-state index contributed by atoms with van der Waals surface area (Å²) in [6.45, 7) is 0. The second-order valence-corrected chi connectivity index (χ2v) is 4.03. The molecule has 0 nitrogen and oxygen atoms in total. The van der Waals surface area contributed by atoms with Crippen LogP contribution in [0.3, 0.4) is 0 Å². The summed E-state index contributed by atoms with van der Waals surface area (Å²) >= 11 is 4.19. The zero-order valence-corrected chi connectivity index (χ0v) is 5.99. The molecule has 0 aliphatic carbocycles. The van der Waals surface area contributed by atoms with Crippen LogP contribution in [0.25, 0.3) is 0 Å². The van der Waals surface area contributed by atoms with Crippen molar-refractivity contribution < 1.29 is 0 Å². The van der Waals surface area contributed by atoms with E-state index in [1.54, 1.807) is 0 Å². The van der Waals surface area contributed by atoms with Crippen LogP contribution in [0, 0.1) is 0 Å². The zero-order chi connectivity index (χ0) is 4.95. The van der Waals surface area contributed by atoms with Gasteiger partial charge in [0.25, 0.3) is 0 Å². The Kier molecular flexibility index (Phi) is 3.06. The smallest absolute Gasteiger partial charge is 0.00235 e. The predicted octanol–water partition coefficient (Wildman–Crippen LogP) is 1.86. The Morgan fingerprint density at radius 3 is 1.86 bits per heavy atom. The summed E-state index contributed by atoms with van der Waals surface area (Å²) in [4.78, 5) is 0. The molecule has 0 unspecified atom stereocenters. The van der Waals surface area contributed by atoms with Crippen molar-refractivity contribution in [3.63, 3.8) is 0 Å². The summed E-state index contributed by atoms with van der Waals surface area (Å²) in [5.41, 5.74) is 0. The Morgan fingerprint density at radius 2 is 1.29 bits per heavy atom. The molecule has 0 spiro atoms. The molecule has 0 N–H and O–H groups in total. The van der Waals surface area contributed by atoms with E-state index in [9.17, 15) is 0 Å². The van der Waals surface area contributed by atoms with Crippen LogP contribution in [-0.2, 0) is 0 Å². The first-order chi connectivity index (χ1) is 3.50. The third-order valence-corrected chi connectivity index (χ3v) is 3.35. The third-order valence-electron chi connectivity index (χ3n) is 0.949. The SMILES string of the molecule is C1CSCCSC1. The molecule has 0 amide bonds. The average Bonchev–Trinajstić information content (AvgIpc) is 1.90. The van der Waals surface area contributed by atoms with Gasteiger partial charge in [-0.3, -0.25) is 0 Å². The summed E-state index contributed by atoms with van der Waals surface area (Å²) in [5.74, 6) is 5.55. The van der Waals surface area contributed by atoms with Crippen molar-refractivity contribution in [2.24, 2.45) is 0 Å². The fraction of sp³-hybridized carbons (Fsp3) is 1.00. The van der Waals surface area contributed by atoms with Gasteiger partial charge in [-0.25, -0.2) is 0 Å². The monoisotopic (exact) mass is 134 g/mol. The highest BCUT2D eigenvalue weighted by molar-refractivity contribution is 8.03. The molecule has 1 heterocycles. The van der Waals surface area contributed by atoms with Crippen LogP contribution in [0.1, 0.15) is 6.42 Å². The minimum Gasteiger partial charge on any atom is -0.161 e. The summed E-state index contributed by atoms with van der Waals surface area (Å²) < 4.78 is 0. The van der Waals surface area contributed by atoms with Crippen LogP contribution in [0.4, 0.5) is 0 Å². The lowest BCUT2D eigenvalue weighted by atomic mass is 10.6. The van der Waals surface area contributed by atoms with Crippen molar-refractivity contribution in [1.82, 2.24) is 0 Å². The van der Waals surface area contributed by atoms with E-state index in [1.165, 1.54) is 29.4 Å². The van der Waals surface area contributed by atoms with Crippen molar-refractivity contribution in [1.29, 1.82) is 0 Å². The highest BCUT2D eigenvalue weighted by Crippen LogP contribution is 2.14. The fourth-order valence-electron chi connectivity index (χ4n) is 0.585. The Bertz CT molecular complexity index is 25.7. The summed E-state index contributed by atoms with van der Waals surface area (Å²) in [7, 11) is 0. The molecule has 0 aromatic rings. The van der Waals surface area contributed by atoms with Gasteiger partial charge in [-0.1, -0.05) is 0 Å². The van der Waals surface area contributed by atoms with Crippen LogP contribution in [-0.4, -0.2) is 23.0 Å². The van der Waals surface area contributed by atoms with E-state index in [4.69, 9.17) is 0 Å². The van der Waals surface area contributed by atoms with Crippen molar-refractivity contribution in [2.75, 3.05) is 23.0 Å². The van der Waals surface area contributed by atoms with Crippen LogP contribution < -0.4 is 0 Å². The van der Waals surface area contributed by atoms with Gasteiger partial charge in [0.2, 0.25) is 0 Å². The summed E-state index contributed by atoms with van der Waals surface area (Å²) in [5, 5.41) is 0. The summed E-state index contributed by atoms with van der Waals surface area (Å²) in [6.07, 6.45) is 1.43. The fourth-order valence-corrected chi connectivity index (χ4v) is 2.82. The van der Waals surface area contributed by atoms with Crippen LogP contribution in [0.5, 0.6) is 0 Å². The van der Waals surface area contributed by atoms with E-state index < -0.39 is 0 Å². The standard InChI is InChI=1S/C5H10S2/c1-2-6-4-5-7-3-1/h1-5H2. The maximum absolute atomic E-state index is 2.09. The molecule has 0 saturated carbocycles. The largest absolute Gasteiger partial charge is 0.161 e. The maximum Gasteiger partial charge on any atom is 0.00235 e. The molecule has 1 fully saturated rings. The number of hydrogen-bond donors (Lipinski definition) is 0. The quantitative estimate of drug-likeness (QED) is 0.496. The Labute approximate surface area is 53.4 Å². The van der Waals surface area contributed by atoms with Crippen LogP contribution >= 0.6 is 23.5 Å². The van der Waals surface area contributed by atoms with E-state index in [0.717, 1.165) is 0 Å². The van der Waals surface area contributed by atoms with Crippen LogP contribution in [0.2, 0.25) is 0 Å². The molecule has 0 radical (unpaired) electrons. The van der Waals surface area contributed by atoms with Gasteiger partial charge < -0.3 is 0 Å². The lowest BCUT2D eigenvalue weighted by molar-refractivity contribution is 1.13. The third kappa shape index (κ3) is 2.50. The molecular weight excluding hydrogens is 124 g/mol. The minimum absolute atomic E-state index is 1.38. The van der Waals surface area contributed by atoms with Gasteiger partial charge in [0.15, 0.2) is 0 Å². The molecule has 1 saturated heterocycles. The van der Waals surface area contributed by atoms with Gasteiger partial charge >= 0.3 is 0 Å². The number of hydrogen-bond acceptors (Lipinski definition) is 2. The molecule has 0 aromatic carbocycles. The van der Waals surface area contributed by atoms with Crippen molar-refractivity contribution in [3.05, 3.63) is 0 Å². The highest BCUT2D eigenvalue weighted by Gasteiger charge is 1.95. The molecule has 0 atom stereocenters. The van der Waals surface area contributed by atoms with Crippen molar-refractivity contribution in [3.8, 4) is 0 Å². The second-order valence-electron chi connectivity index (χ2n) is 1.58. The molecule has 0 bridgehead atoms. The van der Waals surface area contributed by atoms with E-state index in [0.29, 0.717) is 0 Å². The number of rotatable bonds is 0. The molecule has 1 aliphatic rings. The van der Waals surface area contributed by atoms with Gasteiger partial charge in [0.05, 0.1) is 0 Å². The molecule has 1 aliphatic heterocycles. The molecule has 0 aromatic heterocycles. The Morgan fingerprint density at radius 1 is 0.714 bits per heavy atom. The van der Waals surface area contributed by atoms with Gasteiger partial charge in [0, 0.05) is 11.5 Å². The topological polar surface area (TPSA) is 0 Å². The van der Waals surface area contributed by atoms with Crippen molar-refractivity contribution in [2.45, 2.75) is 6.42 Å². The van der Waals surface area contributed by atoms with Gasteiger partial charge in [-0.2, -0.15) is 23.5 Å². The first kappa shape index (κ1) is 5.83. The summed E-state index contributed by atoms with van der Waals surface area (Å²) in [6, 6.07) is 0. The van der Waals surface area contributed by atoms with Crippen LogP contribution in [0.15, 0.2) is 0 Å². The van der Waals surface area contributed by atoms with E-state index >= 15 is 0 Å². The Hall–Kier alpha value is 0.700. The second kappa shape index (κ2) is 3.67. The Balaban J connectivity index is 2.04. The normalized spacial score (nSPS) is 24.0. The van der Waals surface area contributed by atoms with E-state index in [-0.39, 0.29) is 0 Å². The lowest BCUT2D eigenvalue weighted by Gasteiger charge is -1.86. The molecular formula is C5H10S2. The minimum atomic E-state index is 1.38. The molecule has 2 heteroatoms. The lowest BCUT2D eigenvalue weighted by Crippen LogP contribution is -1.77. The first-order valence-corrected chi connectivity index (χ1v) is 4.96. The average molecular weight is 134 g/mol. The van der Waals surface area contributed by atoms with Gasteiger partial charge in [-0.05, 0) is 17.9 Å². The molecule has 42 valence electrons. The highest BCUT2D eigenvalue weighted by atomic mass is 32.2. The van der Waals surface area contributed by atoms with E-state index in [2.05, 4.69) is 23.5 Å². The molecule has 1 rings (SSSR count). The predicted molar refractivity (Wildman–Crippen MR) is 39.3 cm³/mol. The van der Waals surface area contributed by atoms with E-state index in [1.807, 2.05) is 0 Å². The molecule has 7 heavy (non-hydrogen) atoms. The van der Waals surface area contributed by atoms with Gasteiger partial charge in [-0.15, -0.1) is 0 Å². The van der Waals surface area contributed by atoms with Gasteiger partial charge in [0.1, 0.15) is 0 Å². The van der Waals surface area contributed by atoms with Crippen molar-refractivity contribution >= 4 is 23.5 Å². The first-order valence-electron chi connectivity index (χ1n) is 2.65. The maximum atomic E-state index is 2.09. The zero-order valence-electron chi connectivity index (χ0n) is 4.35.